The van der Waals surface area contributed by atoms with E-state index in [0.29, 0.717) is 22.2 Å². The molecule has 1 aromatic heterocycles. The van der Waals surface area contributed by atoms with Gasteiger partial charge in [0.15, 0.2) is 0 Å². The summed E-state index contributed by atoms with van der Waals surface area (Å²) in [6.07, 6.45) is 6.46. The molecule has 154 valence electrons. The van der Waals surface area contributed by atoms with Gasteiger partial charge in [-0.3, -0.25) is 9.59 Å². The number of halogens is 1. The normalized spacial score (nSPS) is 22.6. The van der Waals surface area contributed by atoms with Crippen molar-refractivity contribution in [2.45, 2.75) is 50.6 Å². The fourth-order valence-electron chi connectivity index (χ4n) is 4.92. The minimum atomic E-state index is -0.133. The number of amides is 2. The first-order valence-electron chi connectivity index (χ1n) is 10.2. The summed E-state index contributed by atoms with van der Waals surface area (Å²) >= 11 is 1.42. The Morgan fingerprint density at radius 1 is 1.07 bits per heavy atom. The number of benzene rings is 1. The maximum Gasteiger partial charge on any atom is 0.257 e. The molecule has 2 aliphatic heterocycles. The quantitative estimate of drug-likeness (QED) is 0.775. The van der Waals surface area contributed by atoms with Gasteiger partial charge in [0.1, 0.15) is 5.00 Å². The highest BCUT2D eigenvalue weighted by Gasteiger charge is 2.39. The number of nitrogens with one attached hydrogen (secondary N) is 2. The molecule has 3 aliphatic rings. The van der Waals surface area contributed by atoms with E-state index < -0.39 is 0 Å². The summed E-state index contributed by atoms with van der Waals surface area (Å²) in [4.78, 5) is 28.2. The van der Waals surface area contributed by atoms with E-state index in [4.69, 9.17) is 0 Å². The summed E-state index contributed by atoms with van der Waals surface area (Å²) in [6, 6.07) is 8.40. The topological polar surface area (TPSA) is 61.4 Å². The van der Waals surface area contributed by atoms with Crippen molar-refractivity contribution in [3.05, 3.63) is 51.9 Å². The zero-order valence-electron chi connectivity index (χ0n) is 16.3. The number of carbonyl (C=O) groups is 2. The van der Waals surface area contributed by atoms with Crippen molar-refractivity contribution in [2.75, 3.05) is 18.4 Å². The Kier molecular flexibility index (Phi) is 5.95. The first-order valence-corrected chi connectivity index (χ1v) is 11.1. The number of hydrogen-bond acceptors (Lipinski definition) is 4. The highest BCUT2D eigenvalue weighted by molar-refractivity contribution is 7.14. The van der Waals surface area contributed by atoms with E-state index in [9.17, 15) is 9.59 Å². The number of thiophene rings is 1. The van der Waals surface area contributed by atoms with Gasteiger partial charge in [-0.15, -0.1) is 23.7 Å². The zero-order chi connectivity index (χ0) is 19.1. The molecule has 1 aromatic carbocycles. The minimum absolute atomic E-state index is 0. The van der Waals surface area contributed by atoms with Crippen molar-refractivity contribution in [3.8, 4) is 0 Å². The molecule has 5 rings (SSSR count). The molecular weight excluding hydrogens is 406 g/mol. The predicted molar refractivity (Wildman–Crippen MR) is 118 cm³/mol. The molecule has 2 atom stereocenters. The molecule has 0 spiro atoms. The summed E-state index contributed by atoms with van der Waals surface area (Å²) in [5.41, 5.74) is 3.93. The monoisotopic (exact) mass is 431 g/mol. The van der Waals surface area contributed by atoms with E-state index >= 15 is 0 Å². The Balaban J connectivity index is 0.00000205. The number of anilines is 1. The summed E-state index contributed by atoms with van der Waals surface area (Å²) in [7, 11) is 0. The van der Waals surface area contributed by atoms with E-state index in [-0.39, 0.29) is 30.3 Å². The summed E-state index contributed by atoms with van der Waals surface area (Å²) in [6.45, 7) is 1.83. The molecule has 7 heteroatoms. The van der Waals surface area contributed by atoms with E-state index in [0.717, 1.165) is 51.6 Å². The fraction of sp³-hybridized carbons (Fsp3) is 0.455. The molecule has 2 N–H and O–H groups in total. The summed E-state index contributed by atoms with van der Waals surface area (Å²) in [5.74, 6) is -0.0755. The molecule has 2 bridgehead atoms. The molecule has 2 saturated heterocycles. The van der Waals surface area contributed by atoms with Crippen LogP contribution in [0.15, 0.2) is 29.6 Å². The van der Waals surface area contributed by atoms with Crippen molar-refractivity contribution < 1.29 is 9.59 Å². The molecule has 0 radical (unpaired) electrons. The first-order chi connectivity index (χ1) is 13.7. The van der Waals surface area contributed by atoms with Crippen LogP contribution in [0.25, 0.3) is 0 Å². The fourth-order valence-corrected chi connectivity index (χ4v) is 5.69. The van der Waals surface area contributed by atoms with Gasteiger partial charge in [-0.25, -0.2) is 0 Å². The Morgan fingerprint density at radius 2 is 1.90 bits per heavy atom. The number of carbonyl (C=O) groups excluding carboxylic acids is 2. The second-order valence-corrected chi connectivity index (χ2v) is 8.96. The molecule has 2 fully saturated rings. The van der Waals surface area contributed by atoms with E-state index in [1.165, 1.54) is 22.5 Å². The Morgan fingerprint density at radius 3 is 2.79 bits per heavy atom. The van der Waals surface area contributed by atoms with Crippen molar-refractivity contribution in [1.29, 1.82) is 0 Å². The second kappa shape index (κ2) is 8.46. The van der Waals surface area contributed by atoms with Crippen LogP contribution in [0.1, 0.15) is 57.5 Å². The first kappa shape index (κ1) is 20.4. The van der Waals surface area contributed by atoms with Crippen molar-refractivity contribution in [1.82, 2.24) is 10.2 Å². The van der Waals surface area contributed by atoms with Crippen molar-refractivity contribution in [2.24, 2.45) is 0 Å². The van der Waals surface area contributed by atoms with E-state index in [1.807, 2.05) is 23.6 Å². The molecule has 0 saturated carbocycles. The van der Waals surface area contributed by atoms with Gasteiger partial charge in [-0.1, -0.05) is 6.07 Å². The lowest BCUT2D eigenvalue weighted by Gasteiger charge is -2.28. The number of nitrogens with zero attached hydrogens (tertiary/aromatic N) is 1. The average molecular weight is 432 g/mol. The zero-order valence-corrected chi connectivity index (χ0v) is 17.9. The highest BCUT2D eigenvalue weighted by atomic mass is 35.5. The third-order valence-corrected chi connectivity index (χ3v) is 7.20. The number of rotatable bonds is 3. The highest BCUT2D eigenvalue weighted by Crippen LogP contribution is 2.33. The lowest BCUT2D eigenvalue weighted by molar-refractivity contribution is 0.0682. The Labute approximate surface area is 181 Å². The molecule has 3 heterocycles. The maximum atomic E-state index is 13.3. The van der Waals surface area contributed by atoms with Gasteiger partial charge in [0.05, 0.1) is 5.56 Å². The van der Waals surface area contributed by atoms with Crippen LogP contribution in [0.5, 0.6) is 0 Å². The lowest BCUT2D eigenvalue weighted by atomic mass is 10.1. The van der Waals surface area contributed by atoms with Crippen LogP contribution in [0.3, 0.4) is 0 Å². The summed E-state index contributed by atoms with van der Waals surface area (Å²) < 4.78 is 0. The maximum absolute atomic E-state index is 13.3. The standard InChI is InChI=1S/C22H25N3O2S.ClH/c26-20(16-5-4-14-2-1-3-15(14)12-16)24-21-19(9-11-28-21)22(27)25-17-6-7-18(25)13-23-10-8-17;/h4-5,9,11-12,17-18,23H,1-3,6-8,10,13H2,(H,24,26);1H. The van der Waals surface area contributed by atoms with E-state index in [2.05, 4.69) is 21.6 Å². The molecule has 29 heavy (non-hydrogen) atoms. The lowest BCUT2D eigenvalue weighted by Crippen LogP contribution is -2.42. The van der Waals surface area contributed by atoms with Gasteiger partial charge in [0.25, 0.3) is 11.8 Å². The van der Waals surface area contributed by atoms with Gasteiger partial charge < -0.3 is 15.5 Å². The number of fused-ring (bicyclic) bond motifs is 3. The van der Waals surface area contributed by atoms with Crippen LogP contribution in [0, 0.1) is 0 Å². The van der Waals surface area contributed by atoms with Crippen molar-refractivity contribution in [3.63, 3.8) is 0 Å². The summed E-state index contributed by atoms with van der Waals surface area (Å²) in [5, 5.41) is 8.99. The minimum Gasteiger partial charge on any atom is -0.331 e. The third kappa shape index (κ3) is 3.81. The Bertz CT molecular complexity index is 915. The van der Waals surface area contributed by atoms with Gasteiger partial charge in [-0.05, 0) is 79.8 Å². The van der Waals surface area contributed by atoms with Crippen LogP contribution < -0.4 is 10.6 Å². The smallest absolute Gasteiger partial charge is 0.257 e. The molecule has 2 amide bonds. The molecule has 2 unspecified atom stereocenters. The molecule has 5 nitrogen and oxygen atoms in total. The number of aryl methyl sites for hydroxylation is 2. The van der Waals surface area contributed by atoms with Gasteiger partial charge in [0, 0.05) is 24.2 Å². The van der Waals surface area contributed by atoms with Gasteiger partial charge in [0.2, 0.25) is 0 Å². The Hall–Kier alpha value is -1.89. The predicted octanol–water partition coefficient (Wildman–Crippen LogP) is 3.88. The van der Waals surface area contributed by atoms with Crippen LogP contribution in [-0.2, 0) is 12.8 Å². The number of hydrogen-bond donors (Lipinski definition) is 2. The van der Waals surface area contributed by atoms with Gasteiger partial charge >= 0.3 is 0 Å². The van der Waals surface area contributed by atoms with Gasteiger partial charge in [-0.2, -0.15) is 0 Å². The molecule has 2 aromatic rings. The largest absolute Gasteiger partial charge is 0.331 e. The van der Waals surface area contributed by atoms with Crippen molar-refractivity contribution >= 4 is 40.6 Å². The van der Waals surface area contributed by atoms with Crippen LogP contribution in [0.4, 0.5) is 5.00 Å². The average Bonchev–Trinajstić information content (AvgIpc) is 3.38. The second-order valence-electron chi connectivity index (χ2n) is 8.04. The van der Waals surface area contributed by atoms with Crippen LogP contribution in [-0.4, -0.2) is 41.9 Å². The molecular formula is C22H26ClN3O2S. The van der Waals surface area contributed by atoms with E-state index in [1.54, 1.807) is 0 Å². The third-order valence-electron chi connectivity index (χ3n) is 6.37. The van der Waals surface area contributed by atoms with Crippen LogP contribution >= 0.6 is 23.7 Å². The van der Waals surface area contributed by atoms with Crippen LogP contribution in [0.2, 0.25) is 0 Å². The molecule has 1 aliphatic carbocycles. The SMILES string of the molecule is Cl.O=C(Nc1sccc1C(=O)N1C2CCNCC1CC2)c1ccc2c(c1)CCC2.